The van der Waals surface area contributed by atoms with Crippen LogP contribution < -0.4 is 5.73 Å². The van der Waals surface area contributed by atoms with Crippen LogP contribution in [0.1, 0.15) is 12.5 Å². The van der Waals surface area contributed by atoms with Crippen LogP contribution in [0.4, 0.5) is 5.69 Å². The van der Waals surface area contributed by atoms with Crippen molar-refractivity contribution in [2.24, 2.45) is 5.73 Å². The Labute approximate surface area is 86.8 Å². The topological polar surface area (TPSA) is 69.2 Å². The molecule has 1 aromatic rings. The molecule has 0 saturated heterocycles. The Morgan fingerprint density at radius 1 is 1.64 bits per heavy atom. The van der Waals surface area contributed by atoms with Gasteiger partial charge in [0.25, 0.3) is 5.69 Å². The number of nitro benzene ring substituents is 1. The molecular formula is C9H11ClN2O2. The van der Waals surface area contributed by atoms with Crippen molar-refractivity contribution in [3.8, 4) is 0 Å². The number of hydrogen-bond acceptors (Lipinski definition) is 3. The Morgan fingerprint density at radius 3 is 2.79 bits per heavy atom. The maximum atomic E-state index is 10.7. The van der Waals surface area contributed by atoms with E-state index in [4.69, 9.17) is 17.3 Å². The van der Waals surface area contributed by atoms with E-state index < -0.39 is 4.92 Å². The van der Waals surface area contributed by atoms with Crippen molar-refractivity contribution in [2.45, 2.75) is 19.4 Å². The summed E-state index contributed by atoms with van der Waals surface area (Å²) < 4.78 is 0. The lowest BCUT2D eigenvalue weighted by Crippen LogP contribution is -2.18. The number of rotatable bonds is 3. The summed E-state index contributed by atoms with van der Waals surface area (Å²) in [6.45, 7) is 1.78. The summed E-state index contributed by atoms with van der Waals surface area (Å²) in [5.74, 6) is 0. The lowest BCUT2D eigenvalue weighted by Gasteiger charge is -2.07. The fraction of sp³-hybridized carbons (Fsp3) is 0.333. The van der Waals surface area contributed by atoms with Gasteiger partial charge < -0.3 is 5.73 Å². The predicted octanol–water partition coefficient (Wildman–Crippen LogP) is 2.14. The van der Waals surface area contributed by atoms with Crippen molar-refractivity contribution < 1.29 is 4.92 Å². The van der Waals surface area contributed by atoms with Crippen molar-refractivity contribution in [1.82, 2.24) is 0 Å². The first-order chi connectivity index (χ1) is 6.52. The highest BCUT2D eigenvalue weighted by Gasteiger charge is 2.17. The summed E-state index contributed by atoms with van der Waals surface area (Å²) >= 11 is 5.86. The normalized spacial score (nSPS) is 12.5. The number of halogens is 1. The van der Waals surface area contributed by atoms with E-state index in [1.54, 1.807) is 19.1 Å². The summed E-state index contributed by atoms with van der Waals surface area (Å²) in [6.07, 6.45) is 0.413. The molecule has 0 aromatic heterocycles. The average molecular weight is 215 g/mol. The van der Waals surface area contributed by atoms with E-state index >= 15 is 0 Å². The van der Waals surface area contributed by atoms with E-state index in [0.717, 1.165) is 0 Å². The Balaban J connectivity index is 3.15. The van der Waals surface area contributed by atoms with Gasteiger partial charge in [-0.1, -0.05) is 17.7 Å². The van der Waals surface area contributed by atoms with Gasteiger partial charge in [0, 0.05) is 17.7 Å². The second-order valence-corrected chi connectivity index (χ2v) is 3.58. The third-order valence-corrected chi connectivity index (χ3v) is 2.17. The van der Waals surface area contributed by atoms with Gasteiger partial charge in [-0.2, -0.15) is 0 Å². The summed E-state index contributed by atoms with van der Waals surface area (Å²) in [7, 11) is 0. The molecule has 4 nitrogen and oxygen atoms in total. The summed E-state index contributed by atoms with van der Waals surface area (Å²) in [4.78, 5) is 10.2. The van der Waals surface area contributed by atoms with Crippen molar-refractivity contribution in [2.75, 3.05) is 0 Å². The molecule has 76 valence electrons. The zero-order valence-corrected chi connectivity index (χ0v) is 8.49. The van der Waals surface area contributed by atoms with Gasteiger partial charge in [-0.05, 0) is 19.4 Å². The molecule has 5 heteroatoms. The van der Waals surface area contributed by atoms with Crippen LogP contribution in [0, 0.1) is 10.1 Å². The Morgan fingerprint density at radius 2 is 2.29 bits per heavy atom. The SMILES string of the molecule is C[C@H](N)Cc1c(Cl)cccc1[N+](=O)[O-]. The highest BCUT2D eigenvalue weighted by atomic mass is 35.5. The average Bonchev–Trinajstić information content (AvgIpc) is 2.07. The zero-order valence-electron chi connectivity index (χ0n) is 7.74. The number of hydrogen-bond donors (Lipinski definition) is 1. The molecule has 1 rings (SSSR count). The van der Waals surface area contributed by atoms with Gasteiger partial charge in [-0.25, -0.2) is 0 Å². The Hall–Kier alpha value is -1.13. The lowest BCUT2D eigenvalue weighted by atomic mass is 10.1. The van der Waals surface area contributed by atoms with Crippen molar-refractivity contribution >= 4 is 17.3 Å². The quantitative estimate of drug-likeness (QED) is 0.619. The summed E-state index contributed by atoms with van der Waals surface area (Å²) in [6, 6.07) is 4.48. The van der Waals surface area contributed by atoms with Crippen molar-refractivity contribution in [1.29, 1.82) is 0 Å². The molecular weight excluding hydrogens is 204 g/mol. The van der Waals surface area contributed by atoms with E-state index in [0.29, 0.717) is 17.0 Å². The molecule has 2 N–H and O–H groups in total. The number of nitro groups is 1. The molecule has 0 aliphatic rings. The minimum absolute atomic E-state index is 0.0369. The van der Waals surface area contributed by atoms with E-state index in [-0.39, 0.29) is 11.7 Å². The van der Waals surface area contributed by atoms with E-state index in [9.17, 15) is 10.1 Å². The molecule has 14 heavy (non-hydrogen) atoms. The molecule has 1 atom stereocenters. The largest absolute Gasteiger partial charge is 0.328 e. The van der Waals surface area contributed by atoms with Gasteiger partial charge in [0.1, 0.15) is 0 Å². The van der Waals surface area contributed by atoms with Gasteiger partial charge in [-0.15, -0.1) is 0 Å². The minimum atomic E-state index is -0.441. The molecule has 0 aliphatic heterocycles. The molecule has 1 aromatic carbocycles. The summed E-state index contributed by atoms with van der Waals surface area (Å²) in [5.41, 5.74) is 6.13. The molecule has 0 aliphatic carbocycles. The van der Waals surface area contributed by atoms with Gasteiger partial charge in [0.15, 0.2) is 0 Å². The monoisotopic (exact) mass is 214 g/mol. The first kappa shape index (κ1) is 10.9. The lowest BCUT2D eigenvalue weighted by molar-refractivity contribution is -0.385. The second kappa shape index (κ2) is 4.39. The van der Waals surface area contributed by atoms with E-state index in [1.165, 1.54) is 6.07 Å². The minimum Gasteiger partial charge on any atom is -0.328 e. The molecule has 0 bridgehead atoms. The van der Waals surface area contributed by atoms with E-state index in [2.05, 4.69) is 0 Å². The van der Waals surface area contributed by atoms with Crippen LogP contribution >= 0.6 is 11.6 Å². The molecule has 0 fully saturated rings. The molecule has 0 unspecified atom stereocenters. The van der Waals surface area contributed by atoms with Gasteiger partial charge in [-0.3, -0.25) is 10.1 Å². The predicted molar refractivity (Wildman–Crippen MR) is 55.5 cm³/mol. The van der Waals surface area contributed by atoms with Gasteiger partial charge >= 0.3 is 0 Å². The van der Waals surface area contributed by atoms with Crippen LogP contribution in [-0.2, 0) is 6.42 Å². The highest BCUT2D eigenvalue weighted by Crippen LogP contribution is 2.26. The Bertz CT molecular complexity index is 353. The number of benzene rings is 1. The van der Waals surface area contributed by atoms with Crippen LogP contribution in [0.2, 0.25) is 5.02 Å². The van der Waals surface area contributed by atoms with Crippen molar-refractivity contribution in [3.63, 3.8) is 0 Å². The smallest absolute Gasteiger partial charge is 0.274 e. The fourth-order valence-electron chi connectivity index (χ4n) is 1.24. The van der Waals surface area contributed by atoms with Gasteiger partial charge in [0.05, 0.1) is 9.95 Å². The second-order valence-electron chi connectivity index (χ2n) is 3.18. The maximum absolute atomic E-state index is 10.7. The van der Waals surface area contributed by atoms with Crippen LogP contribution in [0.15, 0.2) is 18.2 Å². The zero-order chi connectivity index (χ0) is 10.7. The summed E-state index contributed by atoms with van der Waals surface area (Å²) in [5, 5.41) is 11.1. The van der Waals surface area contributed by atoms with Crippen LogP contribution in [0.5, 0.6) is 0 Å². The first-order valence-electron chi connectivity index (χ1n) is 4.19. The third-order valence-electron chi connectivity index (χ3n) is 1.82. The first-order valence-corrected chi connectivity index (χ1v) is 4.57. The molecule has 0 spiro atoms. The molecule has 0 radical (unpaired) electrons. The standard InChI is InChI=1S/C9H11ClN2O2/c1-6(11)5-7-8(10)3-2-4-9(7)12(13)14/h2-4,6H,5,11H2,1H3/t6-/m0/s1. The van der Waals surface area contributed by atoms with Crippen LogP contribution in [-0.4, -0.2) is 11.0 Å². The van der Waals surface area contributed by atoms with Crippen molar-refractivity contribution in [3.05, 3.63) is 38.9 Å². The highest BCUT2D eigenvalue weighted by molar-refractivity contribution is 6.31. The molecule has 0 heterocycles. The Kier molecular flexibility index (Phi) is 3.43. The number of nitrogens with zero attached hydrogens (tertiary/aromatic N) is 1. The molecule has 0 saturated carbocycles. The third kappa shape index (κ3) is 2.43. The molecule has 0 amide bonds. The van der Waals surface area contributed by atoms with E-state index in [1.807, 2.05) is 0 Å². The van der Waals surface area contributed by atoms with Crippen LogP contribution in [0.25, 0.3) is 0 Å². The number of nitrogens with two attached hydrogens (primary N) is 1. The van der Waals surface area contributed by atoms with Crippen LogP contribution in [0.3, 0.4) is 0 Å². The maximum Gasteiger partial charge on any atom is 0.274 e. The van der Waals surface area contributed by atoms with Gasteiger partial charge in [0.2, 0.25) is 0 Å². The fourth-order valence-corrected chi connectivity index (χ4v) is 1.49.